The fraction of sp³-hybridized carbons (Fsp3) is 0.600. The third kappa shape index (κ3) is 4.93. The summed E-state index contributed by atoms with van der Waals surface area (Å²) < 4.78 is 10.9. The molecule has 1 aliphatic carbocycles. The third-order valence-corrected chi connectivity index (χ3v) is 5.62. The van der Waals surface area contributed by atoms with Gasteiger partial charge in [-0.25, -0.2) is 0 Å². The Labute approximate surface area is 165 Å². The predicted octanol–water partition coefficient (Wildman–Crippen LogP) is 2.89. The Bertz CT molecular complexity index is 697. The van der Waals surface area contributed by atoms with E-state index in [-0.39, 0.29) is 23.3 Å². The van der Waals surface area contributed by atoms with Crippen LogP contribution in [0.4, 0.5) is 0 Å². The summed E-state index contributed by atoms with van der Waals surface area (Å²) in [6.45, 7) is 4.39. The summed E-state index contributed by atoms with van der Waals surface area (Å²) in [5.41, 5.74) is 0.373. The van der Waals surface area contributed by atoms with Crippen LogP contribution in [0, 0.1) is 5.41 Å². The van der Waals surface area contributed by atoms with Crippen LogP contribution < -0.4 is 10.1 Å². The van der Waals surface area contributed by atoms with Crippen LogP contribution in [0.1, 0.15) is 43.0 Å². The molecule has 0 spiro atoms. The molecule has 2 fully saturated rings. The second-order valence-corrected chi connectivity index (χ2v) is 7.97. The second kappa shape index (κ2) is 8.48. The quantitative estimate of drug-likeness (QED) is 0.722. The summed E-state index contributed by atoms with van der Waals surface area (Å²) in [6, 6.07) is 5.05. The first kappa shape index (κ1) is 20.0. The zero-order valence-corrected chi connectivity index (χ0v) is 16.7. The molecule has 0 bridgehead atoms. The van der Waals surface area contributed by atoms with Crippen LogP contribution >= 0.6 is 11.6 Å². The zero-order valence-electron chi connectivity index (χ0n) is 15.9. The van der Waals surface area contributed by atoms with Crippen LogP contribution in [0.2, 0.25) is 5.02 Å². The summed E-state index contributed by atoms with van der Waals surface area (Å²) in [6.07, 6.45) is 3.61. The summed E-state index contributed by atoms with van der Waals surface area (Å²) >= 11 is 6.31. The van der Waals surface area contributed by atoms with E-state index < -0.39 is 0 Å². The van der Waals surface area contributed by atoms with Crippen molar-refractivity contribution in [3.63, 3.8) is 0 Å². The number of likely N-dealkylation sites (tertiary alicyclic amines) is 1. The van der Waals surface area contributed by atoms with Gasteiger partial charge in [0, 0.05) is 50.6 Å². The number of hydrogen-bond acceptors (Lipinski definition) is 4. The number of rotatable bonds is 7. The van der Waals surface area contributed by atoms with E-state index >= 15 is 0 Å². The van der Waals surface area contributed by atoms with E-state index in [9.17, 15) is 9.59 Å². The highest BCUT2D eigenvalue weighted by Crippen LogP contribution is 2.46. The molecule has 0 atom stereocenters. The van der Waals surface area contributed by atoms with Gasteiger partial charge < -0.3 is 19.7 Å². The number of methoxy groups -OCH3 is 1. The van der Waals surface area contributed by atoms with Crippen molar-refractivity contribution in [1.29, 1.82) is 0 Å². The smallest absolute Gasteiger partial charge is 0.251 e. The molecule has 1 saturated carbocycles. The van der Waals surface area contributed by atoms with Gasteiger partial charge in [-0.15, -0.1) is 0 Å². The Hall–Kier alpha value is -1.79. The maximum Gasteiger partial charge on any atom is 0.251 e. The van der Waals surface area contributed by atoms with E-state index in [1.54, 1.807) is 25.3 Å². The van der Waals surface area contributed by atoms with Crippen LogP contribution in [0.15, 0.2) is 18.2 Å². The molecule has 1 heterocycles. The maximum atomic E-state index is 12.4. The highest BCUT2D eigenvalue weighted by atomic mass is 35.5. The lowest BCUT2D eigenvalue weighted by Crippen LogP contribution is -2.44. The largest absolute Gasteiger partial charge is 0.489 e. The average molecular weight is 395 g/mol. The fourth-order valence-corrected chi connectivity index (χ4v) is 3.47. The third-order valence-electron chi connectivity index (χ3n) is 5.32. The number of benzene rings is 1. The van der Waals surface area contributed by atoms with Gasteiger partial charge in [-0.3, -0.25) is 9.59 Å². The topological polar surface area (TPSA) is 67.9 Å². The van der Waals surface area contributed by atoms with Gasteiger partial charge in [-0.05, 0) is 31.0 Å². The summed E-state index contributed by atoms with van der Waals surface area (Å²) in [5.74, 6) is 0.660. The van der Waals surface area contributed by atoms with E-state index in [0.717, 1.165) is 38.8 Å². The number of carbonyl (C=O) groups excluding carboxylic acids is 2. The van der Waals surface area contributed by atoms with Crippen molar-refractivity contribution in [2.24, 2.45) is 5.41 Å². The van der Waals surface area contributed by atoms with E-state index in [2.05, 4.69) is 5.32 Å². The lowest BCUT2D eigenvalue weighted by Gasteiger charge is -2.34. The summed E-state index contributed by atoms with van der Waals surface area (Å²) in [4.78, 5) is 26.4. The number of nitrogens with zero attached hydrogens (tertiary/aromatic N) is 1. The van der Waals surface area contributed by atoms with Gasteiger partial charge >= 0.3 is 0 Å². The van der Waals surface area contributed by atoms with Gasteiger partial charge in [0.1, 0.15) is 11.9 Å². The van der Waals surface area contributed by atoms with Crippen LogP contribution in [0.3, 0.4) is 0 Å². The molecule has 1 aromatic rings. The molecule has 2 aliphatic rings. The van der Waals surface area contributed by atoms with Crippen molar-refractivity contribution in [2.75, 3.05) is 33.4 Å². The number of ether oxygens (including phenoxy) is 2. The standard InChI is InChI=1S/C20H27ClN2O4/c1-20(7-8-20)19(25)23-10-5-15(6-11-23)27-17-4-3-14(13-16(17)21)18(24)22-9-12-26-2/h3-4,13,15H,5-12H2,1-2H3,(H,22,24). The number of amides is 2. The molecule has 1 N–H and O–H groups in total. The molecule has 0 aromatic heterocycles. The van der Waals surface area contributed by atoms with Gasteiger partial charge in [0.05, 0.1) is 11.6 Å². The first-order chi connectivity index (χ1) is 12.9. The predicted molar refractivity (Wildman–Crippen MR) is 103 cm³/mol. The van der Waals surface area contributed by atoms with E-state index in [0.29, 0.717) is 29.5 Å². The van der Waals surface area contributed by atoms with E-state index in [4.69, 9.17) is 21.1 Å². The molecule has 3 rings (SSSR count). The van der Waals surface area contributed by atoms with Gasteiger partial charge in [-0.2, -0.15) is 0 Å². The van der Waals surface area contributed by atoms with E-state index in [1.165, 1.54) is 0 Å². The Morgan fingerprint density at radius 1 is 1.30 bits per heavy atom. The van der Waals surface area contributed by atoms with Gasteiger partial charge in [0.2, 0.25) is 5.91 Å². The van der Waals surface area contributed by atoms with Crippen LogP contribution in [-0.4, -0.2) is 56.2 Å². The minimum absolute atomic E-state index is 0.0277. The lowest BCUT2D eigenvalue weighted by molar-refractivity contribution is -0.138. The normalized spacial score (nSPS) is 18.9. The molecule has 148 valence electrons. The molecule has 1 aromatic carbocycles. The van der Waals surface area contributed by atoms with Crippen molar-refractivity contribution in [2.45, 2.75) is 38.7 Å². The van der Waals surface area contributed by atoms with Crippen molar-refractivity contribution >= 4 is 23.4 Å². The van der Waals surface area contributed by atoms with Crippen LogP contribution in [0.5, 0.6) is 5.75 Å². The van der Waals surface area contributed by atoms with Crippen molar-refractivity contribution in [3.05, 3.63) is 28.8 Å². The van der Waals surface area contributed by atoms with Crippen LogP contribution in [0.25, 0.3) is 0 Å². The minimum atomic E-state index is -0.194. The Balaban J connectivity index is 1.51. The Kier molecular flexibility index (Phi) is 6.27. The summed E-state index contributed by atoms with van der Waals surface area (Å²) in [5, 5.41) is 3.17. The Morgan fingerprint density at radius 3 is 2.59 bits per heavy atom. The molecular weight excluding hydrogens is 368 g/mol. The number of hydrogen-bond donors (Lipinski definition) is 1. The number of nitrogens with one attached hydrogen (secondary N) is 1. The first-order valence-corrected chi connectivity index (χ1v) is 9.83. The maximum absolute atomic E-state index is 12.4. The first-order valence-electron chi connectivity index (χ1n) is 9.46. The zero-order chi connectivity index (χ0) is 19.4. The molecule has 2 amide bonds. The number of piperidine rings is 1. The molecule has 6 nitrogen and oxygen atoms in total. The molecule has 1 aliphatic heterocycles. The Morgan fingerprint density at radius 2 is 2.00 bits per heavy atom. The monoisotopic (exact) mass is 394 g/mol. The molecule has 0 radical (unpaired) electrons. The molecule has 0 unspecified atom stereocenters. The highest BCUT2D eigenvalue weighted by Gasteiger charge is 2.47. The highest BCUT2D eigenvalue weighted by molar-refractivity contribution is 6.32. The average Bonchev–Trinajstić information content (AvgIpc) is 3.42. The van der Waals surface area contributed by atoms with Crippen molar-refractivity contribution < 1.29 is 19.1 Å². The van der Waals surface area contributed by atoms with Crippen molar-refractivity contribution in [1.82, 2.24) is 10.2 Å². The number of halogens is 1. The fourth-order valence-electron chi connectivity index (χ4n) is 3.25. The minimum Gasteiger partial charge on any atom is -0.489 e. The lowest BCUT2D eigenvalue weighted by atomic mass is 10.0. The molecule has 7 heteroatoms. The van der Waals surface area contributed by atoms with Gasteiger partial charge in [0.15, 0.2) is 0 Å². The molecular formula is C20H27ClN2O4. The van der Waals surface area contributed by atoms with Gasteiger partial charge in [0.25, 0.3) is 5.91 Å². The SMILES string of the molecule is COCCNC(=O)c1ccc(OC2CCN(C(=O)C3(C)CC3)CC2)c(Cl)c1. The number of carbonyl (C=O) groups is 2. The molecule has 1 saturated heterocycles. The van der Waals surface area contributed by atoms with E-state index in [1.807, 2.05) is 11.8 Å². The van der Waals surface area contributed by atoms with Crippen LogP contribution in [-0.2, 0) is 9.53 Å². The second-order valence-electron chi connectivity index (χ2n) is 7.56. The van der Waals surface area contributed by atoms with Gasteiger partial charge in [-0.1, -0.05) is 18.5 Å². The molecule has 27 heavy (non-hydrogen) atoms. The summed E-state index contributed by atoms with van der Waals surface area (Å²) in [7, 11) is 1.59. The van der Waals surface area contributed by atoms with Crippen molar-refractivity contribution in [3.8, 4) is 5.75 Å².